The van der Waals surface area contributed by atoms with Gasteiger partial charge in [0.1, 0.15) is 11.0 Å². The third-order valence-electron chi connectivity index (χ3n) is 8.37. The van der Waals surface area contributed by atoms with Crippen LogP contribution in [0.2, 0.25) is 0 Å². The van der Waals surface area contributed by atoms with Gasteiger partial charge in [-0.3, -0.25) is 4.57 Å². The van der Waals surface area contributed by atoms with Crippen LogP contribution in [0, 0.1) is 0 Å². The molecule has 1 aliphatic rings. The molecular weight excluding hydrogens is 528 g/mol. The van der Waals surface area contributed by atoms with Gasteiger partial charge < -0.3 is 14.3 Å². The van der Waals surface area contributed by atoms with E-state index in [-0.39, 0.29) is 6.04 Å². The van der Waals surface area contributed by atoms with E-state index in [4.69, 9.17) is 9.41 Å². The van der Waals surface area contributed by atoms with Crippen molar-refractivity contribution in [2.24, 2.45) is 4.99 Å². The van der Waals surface area contributed by atoms with Crippen molar-refractivity contribution in [2.75, 3.05) is 0 Å². The van der Waals surface area contributed by atoms with Gasteiger partial charge in [-0.05, 0) is 53.6 Å². The molecule has 9 rings (SSSR count). The Morgan fingerprint density at radius 2 is 1.09 bits per heavy atom. The minimum absolute atomic E-state index is 0.161. The Morgan fingerprint density at radius 3 is 1.77 bits per heavy atom. The number of benzene rings is 5. The van der Waals surface area contributed by atoms with Crippen LogP contribution < -0.4 is 5.32 Å². The number of rotatable bonds is 3. The van der Waals surface area contributed by atoms with Gasteiger partial charge in [0, 0.05) is 22.2 Å². The zero-order chi connectivity index (χ0) is 28.3. The van der Waals surface area contributed by atoms with Crippen molar-refractivity contribution in [3.05, 3.63) is 157 Å². The largest absolute Gasteiger partial charge is 0.451 e. The number of fused-ring (bicyclic) bond motifs is 7. The minimum atomic E-state index is -0.161. The number of aliphatic imine (C=N–C) groups is 1. The zero-order valence-electron chi connectivity index (χ0n) is 23.2. The number of furan rings is 1. The molecule has 1 N–H and O–H groups in total. The highest BCUT2D eigenvalue weighted by atomic mass is 16.3. The summed E-state index contributed by atoms with van der Waals surface area (Å²) in [6.07, 6.45) is 2.21. The average molecular weight is 555 g/mol. The lowest BCUT2D eigenvalue weighted by Crippen LogP contribution is -2.32. The second kappa shape index (κ2) is 9.36. The Balaban J connectivity index is 1.39. The molecule has 43 heavy (non-hydrogen) atoms. The fourth-order valence-corrected chi connectivity index (χ4v) is 6.46. The number of hydrogen-bond acceptors (Lipinski definition) is 3. The van der Waals surface area contributed by atoms with Crippen molar-refractivity contribution in [3.8, 4) is 5.69 Å². The van der Waals surface area contributed by atoms with Gasteiger partial charge in [-0.25, -0.2) is 4.99 Å². The molecule has 0 bridgehead atoms. The predicted molar refractivity (Wildman–Crippen MR) is 176 cm³/mol. The second-order valence-electron chi connectivity index (χ2n) is 10.9. The maximum atomic E-state index is 6.84. The first-order valence-electron chi connectivity index (χ1n) is 14.5. The monoisotopic (exact) mass is 554 g/mol. The molecule has 204 valence electrons. The smallest absolute Gasteiger partial charge is 0.208 e. The Labute approximate surface area is 247 Å². The summed E-state index contributed by atoms with van der Waals surface area (Å²) < 4.78 is 11.4. The van der Waals surface area contributed by atoms with Gasteiger partial charge in [0.15, 0.2) is 11.2 Å². The van der Waals surface area contributed by atoms with Crippen molar-refractivity contribution in [2.45, 2.75) is 6.04 Å². The number of nitrogens with one attached hydrogen (secondary N) is 1. The number of para-hydroxylation sites is 3. The van der Waals surface area contributed by atoms with E-state index in [0.717, 1.165) is 72.5 Å². The molecule has 0 saturated carbocycles. The van der Waals surface area contributed by atoms with Crippen molar-refractivity contribution < 1.29 is 4.42 Å². The van der Waals surface area contributed by atoms with E-state index in [1.165, 1.54) is 0 Å². The van der Waals surface area contributed by atoms with Crippen LogP contribution in [0.15, 0.2) is 155 Å². The molecule has 4 heterocycles. The normalized spacial score (nSPS) is 15.2. The van der Waals surface area contributed by atoms with Crippen molar-refractivity contribution in [3.63, 3.8) is 0 Å². The lowest BCUT2D eigenvalue weighted by Gasteiger charge is -2.24. The topological polar surface area (TPSA) is 47.4 Å². The van der Waals surface area contributed by atoms with Gasteiger partial charge in [-0.15, -0.1) is 0 Å². The highest BCUT2D eigenvalue weighted by Gasteiger charge is 2.28. The van der Waals surface area contributed by atoms with Gasteiger partial charge in [-0.1, -0.05) is 103 Å². The van der Waals surface area contributed by atoms with Crippen LogP contribution in [0.4, 0.5) is 0 Å². The molecule has 0 amide bonds. The van der Waals surface area contributed by atoms with Gasteiger partial charge in [0.2, 0.25) is 5.96 Å². The van der Waals surface area contributed by atoms with Crippen molar-refractivity contribution in [1.29, 1.82) is 0 Å². The van der Waals surface area contributed by atoms with Crippen LogP contribution in [-0.4, -0.2) is 15.1 Å². The molecule has 0 saturated heterocycles. The van der Waals surface area contributed by atoms with Crippen LogP contribution in [0.25, 0.3) is 55.4 Å². The van der Waals surface area contributed by atoms with E-state index in [2.05, 4.69) is 148 Å². The molecule has 1 unspecified atom stereocenters. The van der Waals surface area contributed by atoms with Gasteiger partial charge in [0.25, 0.3) is 0 Å². The summed E-state index contributed by atoms with van der Waals surface area (Å²) in [7, 11) is 0. The Kier molecular flexibility index (Phi) is 5.19. The summed E-state index contributed by atoms with van der Waals surface area (Å²) in [5.74, 6) is 0.758. The summed E-state index contributed by atoms with van der Waals surface area (Å²) in [6.45, 7) is 0. The third-order valence-corrected chi connectivity index (χ3v) is 8.37. The SMILES string of the molecule is C1=C(c2ccccc2)NC(n2c3ccccc3c3oc4c5ccccc5n(-c5ccccc5)c4c32)=NC1c1ccccc1. The summed E-state index contributed by atoms with van der Waals surface area (Å²) in [4.78, 5) is 5.35. The van der Waals surface area contributed by atoms with Crippen molar-refractivity contribution >= 4 is 55.7 Å². The maximum absolute atomic E-state index is 6.84. The molecule has 0 radical (unpaired) electrons. The first-order valence-corrected chi connectivity index (χ1v) is 14.5. The third kappa shape index (κ3) is 3.61. The summed E-state index contributed by atoms with van der Waals surface area (Å²) in [5, 5.41) is 5.86. The lowest BCUT2D eigenvalue weighted by molar-refractivity contribution is 0.676. The fraction of sp³-hybridized carbons (Fsp3) is 0.0263. The molecule has 3 aromatic heterocycles. The zero-order valence-corrected chi connectivity index (χ0v) is 23.2. The van der Waals surface area contributed by atoms with E-state index in [1.54, 1.807) is 0 Å². The second-order valence-corrected chi connectivity index (χ2v) is 10.9. The highest BCUT2D eigenvalue weighted by Crippen LogP contribution is 2.43. The van der Waals surface area contributed by atoms with Crippen LogP contribution in [0.5, 0.6) is 0 Å². The summed E-state index contributed by atoms with van der Waals surface area (Å²) >= 11 is 0. The van der Waals surface area contributed by atoms with E-state index >= 15 is 0 Å². The van der Waals surface area contributed by atoms with Gasteiger partial charge in [-0.2, -0.15) is 0 Å². The van der Waals surface area contributed by atoms with Gasteiger partial charge >= 0.3 is 0 Å². The predicted octanol–water partition coefficient (Wildman–Crippen LogP) is 9.07. The Bertz CT molecular complexity index is 2360. The molecule has 8 aromatic rings. The van der Waals surface area contributed by atoms with Crippen molar-refractivity contribution in [1.82, 2.24) is 14.5 Å². The number of hydrogen-bond donors (Lipinski definition) is 1. The highest BCUT2D eigenvalue weighted by molar-refractivity contribution is 6.24. The van der Waals surface area contributed by atoms with E-state index in [9.17, 15) is 0 Å². The maximum Gasteiger partial charge on any atom is 0.208 e. The average Bonchev–Trinajstić information content (AvgIpc) is 3.72. The van der Waals surface area contributed by atoms with Crippen LogP contribution in [-0.2, 0) is 0 Å². The minimum Gasteiger partial charge on any atom is -0.451 e. The Morgan fingerprint density at radius 1 is 0.558 bits per heavy atom. The molecule has 5 heteroatoms. The quantitative estimate of drug-likeness (QED) is 0.237. The summed E-state index contributed by atoms with van der Waals surface area (Å²) in [6, 6.07) is 48.2. The first-order chi connectivity index (χ1) is 21.3. The number of aromatic nitrogens is 2. The molecule has 1 atom stereocenters. The first kappa shape index (κ1) is 23.9. The number of nitrogens with zero attached hydrogens (tertiary/aromatic N) is 3. The molecular formula is C38H26N4O. The molecule has 5 nitrogen and oxygen atoms in total. The molecule has 0 aliphatic carbocycles. The lowest BCUT2D eigenvalue weighted by atomic mass is 10.0. The fourth-order valence-electron chi connectivity index (χ4n) is 6.46. The van der Waals surface area contributed by atoms with Crippen LogP contribution >= 0.6 is 0 Å². The van der Waals surface area contributed by atoms with E-state index in [0.29, 0.717) is 0 Å². The molecule has 5 aromatic carbocycles. The van der Waals surface area contributed by atoms with Crippen LogP contribution in [0.3, 0.4) is 0 Å². The standard InChI is InChI=1S/C38H26N4O/c1-4-14-25(15-5-1)30-24-31(26-16-6-2-7-17-26)40-38(39-30)42-33-23-13-11-21-29(33)37-35(42)34-36(43-37)28-20-10-12-22-32(28)41(34)27-18-8-3-9-19-27/h1-24,30H,(H,39,40). The molecule has 0 fully saturated rings. The van der Waals surface area contributed by atoms with Crippen LogP contribution in [0.1, 0.15) is 17.2 Å². The van der Waals surface area contributed by atoms with E-state index in [1.807, 2.05) is 12.1 Å². The van der Waals surface area contributed by atoms with Gasteiger partial charge in [0.05, 0.1) is 17.1 Å². The van der Waals surface area contributed by atoms with E-state index < -0.39 is 0 Å². The molecule has 1 aliphatic heterocycles. The molecule has 0 spiro atoms. The Hall–Kier alpha value is -5.81. The summed E-state index contributed by atoms with van der Waals surface area (Å²) in [5.41, 5.74) is 10.2.